The lowest BCUT2D eigenvalue weighted by Gasteiger charge is -2.09. The van der Waals surface area contributed by atoms with E-state index in [1.165, 1.54) is 27.1 Å². The summed E-state index contributed by atoms with van der Waals surface area (Å²) in [4.78, 5) is 0. The van der Waals surface area contributed by atoms with Gasteiger partial charge in [0.25, 0.3) is 0 Å². The molecular formula is C26H19Cl. The summed E-state index contributed by atoms with van der Waals surface area (Å²) in [7, 11) is 0. The molecule has 0 aliphatic rings. The minimum absolute atomic E-state index is 0.751. The van der Waals surface area contributed by atoms with Crippen LogP contribution in [0.1, 0.15) is 16.7 Å². The quantitative estimate of drug-likeness (QED) is 0.454. The summed E-state index contributed by atoms with van der Waals surface area (Å²) >= 11 is 6.04. The monoisotopic (exact) mass is 366 g/mol. The Morgan fingerprint density at radius 2 is 1.07 bits per heavy atom. The number of rotatable bonds is 3. The zero-order chi connectivity index (χ0) is 18.5. The van der Waals surface area contributed by atoms with Crippen LogP contribution in [-0.4, -0.2) is 0 Å². The van der Waals surface area contributed by atoms with Crippen molar-refractivity contribution in [3.63, 3.8) is 0 Å². The predicted octanol–water partition coefficient (Wildman–Crippen LogP) is 5.42. The Hall–Kier alpha value is -3.09. The summed E-state index contributed by atoms with van der Waals surface area (Å²) in [6.07, 6.45) is 2.21. The van der Waals surface area contributed by atoms with E-state index in [0.29, 0.717) is 0 Å². The topological polar surface area (TPSA) is 0 Å². The molecule has 4 aromatic carbocycles. The first-order valence-corrected chi connectivity index (χ1v) is 9.36. The summed E-state index contributed by atoms with van der Waals surface area (Å²) < 4.78 is 0. The first-order valence-electron chi connectivity index (χ1n) is 8.99. The molecule has 0 nitrogen and oxygen atoms in total. The molecule has 27 heavy (non-hydrogen) atoms. The molecule has 0 saturated carbocycles. The largest absolute Gasteiger partial charge is 0.0843 e. The van der Waals surface area contributed by atoms with Crippen molar-refractivity contribution in [3.8, 4) is 0 Å². The smallest absolute Gasteiger partial charge is 0.0406 e. The highest BCUT2D eigenvalue weighted by atomic mass is 35.5. The maximum atomic E-state index is 6.04. The minimum Gasteiger partial charge on any atom is -0.0843 e. The molecule has 0 heterocycles. The average molecular weight is 367 g/mol. The van der Waals surface area contributed by atoms with E-state index in [4.69, 9.17) is 11.6 Å². The summed E-state index contributed by atoms with van der Waals surface area (Å²) in [6, 6.07) is 37.6. The number of hydrogen-bond acceptors (Lipinski definition) is 0. The van der Waals surface area contributed by atoms with Crippen LogP contribution in [0.4, 0.5) is 0 Å². The Labute approximate surface area is 164 Å². The normalized spacial score (nSPS) is 11.4. The van der Waals surface area contributed by atoms with Crippen molar-refractivity contribution in [2.24, 2.45) is 0 Å². The van der Waals surface area contributed by atoms with E-state index < -0.39 is 0 Å². The Kier molecular flexibility index (Phi) is 5.18. The second kappa shape index (κ2) is 8.07. The van der Waals surface area contributed by atoms with Crippen molar-refractivity contribution in [2.75, 3.05) is 0 Å². The zero-order valence-electron chi connectivity index (χ0n) is 14.8. The van der Waals surface area contributed by atoms with Gasteiger partial charge < -0.3 is 0 Å². The summed E-state index contributed by atoms with van der Waals surface area (Å²) in [5.74, 6) is 0. The van der Waals surface area contributed by atoms with Crippen LogP contribution in [0.3, 0.4) is 0 Å². The molecule has 0 fully saturated rings. The molecule has 130 valence electrons. The molecule has 0 bridgehead atoms. The molecule has 1 heteroatoms. The van der Waals surface area contributed by atoms with E-state index in [0.717, 1.165) is 10.6 Å². The molecule has 0 amide bonds. The van der Waals surface area contributed by atoms with Gasteiger partial charge in [0.2, 0.25) is 0 Å². The van der Waals surface area contributed by atoms with Gasteiger partial charge in [0.1, 0.15) is 0 Å². The zero-order valence-corrected chi connectivity index (χ0v) is 15.6. The molecule has 0 aliphatic heterocycles. The summed E-state index contributed by atoms with van der Waals surface area (Å²) in [6.45, 7) is 0. The fraction of sp³-hybridized carbons (Fsp3) is 0. The lowest BCUT2D eigenvalue weighted by atomic mass is 9.94. The molecule has 0 N–H and O–H groups in total. The molecule has 0 radical (unpaired) electrons. The second-order valence-electron chi connectivity index (χ2n) is 6.39. The molecule has 4 rings (SSSR count). The van der Waals surface area contributed by atoms with Gasteiger partial charge in [0, 0.05) is 5.02 Å². The maximum Gasteiger partial charge on any atom is 0.0406 e. The van der Waals surface area contributed by atoms with Gasteiger partial charge in [-0.15, -0.1) is 0 Å². The Morgan fingerprint density at radius 1 is 0.556 bits per heavy atom. The second-order valence-corrected chi connectivity index (χ2v) is 6.83. The molecule has 0 spiro atoms. The van der Waals surface area contributed by atoms with Crippen molar-refractivity contribution >= 4 is 23.3 Å². The minimum atomic E-state index is 0.751. The average Bonchev–Trinajstić information content (AvgIpc) is 2.73. The lowest BCUT2D eigenvalue weighted by Crippen LogP contribution is -2.27. The molecule has 4 aromatic rings. The van der Waals surface area contributed by atoms with Gasteiger partial charge in [-0.05, 0) is 50.9 Å². The summed E-state index contributed by atoms with van der Waals surface area (Å²) in [5.41, 5.74) is 4.78. The maximum absolute atomic E-state index is 6.04. The van der Waals surface area contributed by atoms with Gasteiger partial charge in [-0.2, -0.15) is 0 Å². The van der Waals surface area contributed by atoms with Crippen LogP contribution in [0.2, 0.25) is 5.02 Å². The van der Waals surface area contributed by atoms with Gasteiger partial charge in [0.05, 0.1) is 0 Å². The first-order chi connectivity index (χ1) is 13.3. The van der Waals surface area contributed by atoms with Crippen LogP contribution in [0.5, 0.6) is 0 Å². The third kappa shape index (κ3) is 4.02. The van der Waals surface area contributed by atoms with E-state index in [1.807, 2.05) is 24.3 Å². The van der Waals surface area contributed by atoms with Crippen LogP contribution in [-0.2, 0) is 0 Å². The molecule has 0 saturated heterocycles. The standard InChI is InChI=1S/C26H19Cl/c27-24-17-15-20(16-18-24)19-23-13-7-8-14-25(23)26(21-9-3-1-4-10-21)22-11-5-2-6-12-22/h1-19H/b23-19+. The van der Waals surface area contributed by atoms with Crippen LogP contribution in [0.15, 0.2) is 109 Å². The highest BCUT2D eigenvalue weighted by Gasteiger charge is 2.06. The Balaban J connectivity index is 2.05. The van der Waals surface area contributed by atoms with Crippen molar-refractivity contribution in [1.82, 2.24) is 0 Å². The first kappa shape index (κ1) is 17.3. The third-order valence-corrected chi connectivity index (χ3v) is 4.80. The molecule has 0 atom stereocenters. The molecule has 0 unspecified atom stereocenters. The van der Waals surface area contributed by atoms with Gasteiger partial charge >= 0.3 is 0 Å². The van der Waals surface area contributed by atoms with Crippen molar-refractivity contribution in [2.45, 2.75) is 0 Å². The van der Waals surface area contributed by atoms with Gasteiger partial charge in [-0.1, -0.05) is 109 Å². The van der Waals surface area contributed by atoms with Gasteiger partial charge in [0.15, 0.2) is 0 Å². The lowest BCUT2D eigenvalue weighted by molar-refractivity contribution is 1.44. The van der Waals surface area contributed by atoms with Crippen LogP contribution < -0.4 is 10.4 Å². The van der Waals surface area contributed by atoms with Crippen LogP contribution >= 0.6 is 11.6 Å². The summed E-state index contributed by atoms with van der Waals surface area (Å²) in [5, 5.41) is 3.15. The van der Waals surface area contributed by atoms with Crippen molar-refractivity contribution < 1.29 is 0 Å². The van der Waals surface area contributed by atoms with E-state index in [2.05, 4.69) is 91.0 Å². The Morgan fingerprint density at radius 3 is 1.67 bits per heavy atom. The predicted molar refractivity (Wildman–Crippen MR) is 115 cm³/mol. The molecular weight excluding hydrogens is 348 g/mol. The van der Waals surface area contributed by atoms with E-state index in [-0.39, 0.29) is 0 Å². The molecule has 0 aromatic heterocycles. The van der Waals surface area contributed by atoms with Crippen LogP contribution in [0, 0.1) is 0 Å². The fourth-order valence-electron chi connectivity index (χ4n) is 3.28. The number of halogens is 1. The SMILES string of the molecule is Clc1ccc(/C=c2\ccccc2=C(c2ccccc2)c2ccccc2)cc1. The Bertz CT molecular complexity index is 1100. The number of benzene rings is 4. The highest BCUT2D eigenvalue weighted by molar-refractivity contribution is 6.30. The fourth-order valence-corrected chi connectivity index (χ4v) is 3.40. The number of hydrogen-bond donors (Lipinski definition) is 0. The van der Waals surface area contributed by atoms with E-state index in [1.54, 1.807) is 0 Å². The van der Waals surface area contributed by atoms with Gasteiger partial charge in [-0.25, -0.2) is 0 Å². The van der Waals surface area contributed by atoms with Crippen LogP contribution in [0.25, 0.3) is 11.6 Å². The van der Waals surface area contributed by atoms with E-state index >= 15 is 0 Å². The van der Waals surface area contributed by atoms with Gasteiger partial charge in [-0.3, -0.25) is 0 Å². The van der Waals surface area contributed by atoms with E-state index in [9.17, 15) is 0 Å². The van der Waals surface area contributed by atoms with Crippen molar-refractivity contribution in [1.29, 1.82) is 0 Å². The highest BCUT2D eigenvalue weighted by Crippen LogP contribution is 2.19. The van der Waals surface area contributed by atoms with Crippen molar-refractivity contribution in [3.05, 3.63) is 141 Å². The molecule has 0 aliphatic carbocycles. The third-order valence-electron chi connectivity index (χ3n) is 4.55.